The van der Waals surface area contributed by atoms with Crippen molar-refractivity contribution in [2.24, 2.45) is 0 Å². The van der Waals surface area contributed by atoms with Gasteiger partial charge in [-0.1, -0.05) is 36.4 Å². The number of phenolic OH excluding ortho intramolecular Hbond substituents is 1. The van der Waals surface area contributed by atoms with Gasteiger partial charge in [0.2, 0.25) is 5.91 Å². The van der Waals surface area contributed by atoms with E-state index in [9.17, 15) is 15.2 Å². The molecule has 3 aromatic carbocycles. The molecule has 1 atom stereocenters. The summed E-state index contributed by atoms with van der Waals surface area (Å²) < 4.78 is 5.20. The van der Waals surface area contributed by atoms with Gasteiger partial charge in [0.15, 0.2) is 0 Å². The summed E-state index contributed by atoms with van der Waals surface area (Å²) in [5.41, 5.74) is 3.61. The van der Waals surface area contributed by atoms with Gasteiger partial charge < -0.3 is 14.7 Å². The molecule has 138 valence electrons. The van der Waals surface area contributed by atoms with Gasteiger partial charge in [0, 0.05) is 5.69 Å². The molecule has 1 heterocycles. The standard InChI is InChI=1S/C23H18N2O3/c1-28-18-9-6-15(7-10-18)14-25-20-5-3-2-4-19(20)22(23(25)27)16-8-11-21(26)17(12-16)13-24/h2-12,22,26H,14H2,1H3. The van der Waals surface area contributed by atoms with Crippen LogP contribution in [-0.2, 0) is 11.3 Å². The maximum atomic E-state index is 13.3. The molecule has 1 aliphatic heterocycles. The molecule has 0 bridgehead atoms. The van der Waals surface area contributed by atoms with Crippen LogP contribution in [0, 0.1) is 11.3 Å². The van der Waals surface area contributed by atoms with Gasteiger partial charge in [-0.15, -0.1) is 0 Å². The number of amides is 1. The van der Waals surface area contributed by atoms with Crippen LogP contribution in [-0.4, -0.2) is 18.1 Å². The Morgan fingerprint density at radius 2 is 1.86 bits per heavy atom. The zero-order valence-electron chi connectivity index (χ0n) is 15.3. The quantitative estimate of drug-likeness (QED) is 0.755. The van der Waals surface area contributed by atoms with Crippen LogP contribution in [0.1, 0.15) is 28.2 Å². The number of ether oxygens (including phenoxy) is 1. The Hall–Kier alpha value is -3.78. The van der Waals surface area contributed by atoms with Crippen molar-refractivity contribution in [3.05, 3.63) is 89.0 Å². The molecule has 5 nitrogen and oxygen atoms in total. The molecule has 0 radical (unpaired) electrons. The van der Waals surface area contributed by atoms with Crippen LogP contribution in [0.4, 0.5) is 5.69 Å². The van der Waals surface area contributed by atoms with Gasteiger partial charge in [-0.2, -0.15) is 5.26 Å². The van der Waals surface area contributed by atoms with E-state index in [2.05, 4.69) is 0 Å². The van der Waals surface area contributed by atoms with E-state index in [0.717, 1.165) is 22.6 Å². The molecule has 1 unspecified atom stereocenters. The van der Waals surface area contributed by atoms with Crippen LogP contribution in [0.5, 0.6) is 11.5 Å². The fraction of sp³-hybridized carbons (Fsp3) is 0.130. The molecule has 0 saturated carbocycles. The third-order valence-corrected chi connectivity index (χ3v) is 5.03. The summed E-state index contributed by atoms with van der Waals surface area (Å²) in [7, 11) is 1.62. The normalized spacial score (nSPS) is 15.2. The number of benzene rings is 3. The van der Waals surface area contributed by atoms with Crippen LogP contribution in [0.3, 0.4) is 0 Å². The van der Waals surface area contributed by atoms with Gasteiger partial charge in [0.25, 0.3) is 0 Å². The number of rotatable bonds is 4. The van der Waals surface area contributed by atoms with Crippen molar-refractivity contribution >= 4 is 11.6 Å². The SMILES string of the molecule is COc1ccc(CN2C(=O)C(c3ccc(O)c(C#N)c3)c3ccccc32)cc1. The van der Waals surface area contributed by atoms with Crippen molar-refractivity contribution in [1.82, 2.24) is 0 Å². The fourth-order valence-electron chi connectivity index (χ4n) is 3.61. The molecule has 3 aromatic rings. The van der Waals surface area contributed by atoms with Gasteiger partial charge >= 0.3 is 0 Å². The number of nitrogens with zero attached hydrogens (tertiary/aromatic N) is 2. The molecule has 4 rings (SSSR count). The number of anilines is 1. The maximum absolute atomic E-state index is 13.3. The molecule has 0 fully saturated rings. The Morgan fingerprint density at radius 1 is 1.11 bits per heavy atom. The Balaban J connectivity index is 1.72. The highest BCUT2D eigenvalue weighted by atomic mass is 16.5. The zero-order valence-corrected chi connectivity index (χ0v) is 15.3. The minimum absolute atomic E-state index is 0.0494. The van der Waals surface area contributed by atoms with E-state index >= 15 is 0 Å². The van der Waals surface area contributed by atoms with Crippen LogP contribution >= 0.6 is 0 Å². The first-order valence-electron chi connectivity index (χ1n) is 8.88. The molecular formula is C23H18N2O3. The molecule has 1 amide bonds. The highest BCUT2D eigenvalue weighted by molar-refractivity contribution is 6.07. The number of para-hydroxylation sites is 1. The van der Waals surface area contributed by atoms with Crippen molar-refractivity contribution in [1.29, 1.82) is 5.26 Å². The molecule has 0 spiro atoms. The molecule has 0 aromatic heterocycles. The van der Waals surface area contributed by atoms with E-state index in [4.69, 9.17) is 4.74 Å². The summed E-state index contributed by atoms with van der Waals surface area (Å²) in [5, 5.41) is 19.0. The number of aromatic hydroxyl groups is 1. The summed E-state index contributed by atoms with van der Waals surface area (Å²) in [6.07, 6.45) is 0. The van der Waals surface area contributed by atoms with Crippen molar-refractivity contribution in [3.63, 3.8) is 0 Å². The van der Waals surface area contributed by atoms with Gasteiger partial charge in [-0.3, -0.25) is 4.79 Å². The topological polar surface area (TPSA) is 73.6 Å². The summed E-state index contributed by atoms with van der Waals surface area (Å²) >= 11 is 0. The summed E-state index contributed by atoms with van der Waals surface area (Å²) in [6, 6.07) is 22.0. The van der Waals surface area contributed by atoms with E-state index in [1.54, 1.807) is 24.1 Å². The van der Waals surface area contributed by atoms with Crippen molar-refractivity contribution < 1.29 is 14.6 Å². The predicted molar refractivity (Wildman–Crippen MR) is 105 cm³/mol. The van der Waals surface area contributed by atoms with Gasteiger partial charge in [-0.05, 0) is 47.0 Å². The van der Waals surface area contributed by atoms with E-state index in [0.29, 0.717) is 12.1 Å². The second-order valence-corrected chi connectivity index (χ2v) is 6.65. The number of hydrogen-bond donors (Lipinski definition) is 1. The average molecular weight is 370 g/mol. The average Bonchev–Trinajstić information content (AvgIpc) is 3.01. The smallest absolute Gasteiger partial charge is 0.239 e. The number of methoxy groups -OCH3 is 1. The summed E-state index contributed by atoms with van der Waals surface area (Å²) in [5.74, 6) is 0.136. The molecule has 0 aliphatic carbocycles. The van der Waals surface area contributed by atoms with Gasteiger partial charge in [0.1, 0.15) is 17.6 Å². The second kappa shape index (κ2) is 7.09. The Bertz CT molecular complexity index is 1080. The van der Waals surface area contributed by atoms with Crippen LogP contribution in [0.2, 0.25) is 0 Å². The molecule has 1 aliphatic rings. The van der Waals surface area contributed by atoms with E-state index in [1.165, 1.54) is 6.07 Å². The molecule has 5 heteroatoms. The Morgan fingerprint density at radius 3 is 2.57 bits per heavy atom. The zero-order chi connectivity index (χ0) is 19.7. The largest absolute Gasteiger partial charge is 0.507 e. The lowest BCUT2D eigenvalue weighted by atomic mass is 9.91. The first-order chi connectivity index (χ1) is 13.6. The number of fused-ring (bicyclic) bond motifs is 1. The highest BCUT2D eigenvalue weighted by Gasteiger charge is 2.38. The molecular weight excluding hydrogens is 352 g/mol. The van der Waals surface area contributed by atoms with Gasteiger partial charge in [-0.25, -0.2) is 0 Å². The first kappa shape index (κ1) is 17.6. The van der Waals surface area contributed by atoms with E-state index < -0.39 is 5.92 Å². The van der Waals surface area contributed by atoms with Crippen molar-refractivity contribution in [2.45, 2.75) is 12.5 Å². The lowest BCUT2D eigenvalue weighted by Gasteiger charge is -2.18. The van der Waals surface area contributed by atoms with Crippen LogP contribution in [0.25, 0.3) is 0 Å². The Kier molecular flexibility index (Phi) is 4.46. The second-order valence-electron chi connectivity index (χ2n) is 6.65. The lowest BCUT2D eigenvalue weighted by Crippen LogP contribution is -2.28. The lowest BCUT2D eigenvalue weighted by molar-refractivity contribution is -0.118. The monoisotopic (exact) mass is 370 g/mol. The van der Waals surface area contributed by atoms with Crippen LogP contribution < -0.4 is 9.64 Å². The maximum Gasteiger partial charge on any atom is 0.239 e. The Labute approximate surface area is 163 Å². The minimum atomic E-state index is -0.498. The molecule has 1 N–H and O–H groups in total. The first-order valence-corrected chi connectivity index (χ1v) is 8.88. The van der Waals surface area contributed by atoms with Crippen molar-refractivity contribution in [2.75, 3.05) is 12.0 Å². The molecule has 28 heavy (non-hydrogen) atoms. The number of carbonyl (C=O) groups excluding carboxylic acids is 1. The van der Waals surface area contributed by atoms with E-state index in [1.807, 2.05) is 54.6 Å². The van der Waals surface area contributed by atoms with Crippen LogP contribution in [0.15, 0.2) is 66.7 Å². The number of hydrogen-bond acceptors (Lipinski definition) is 4. The summed E-state index contributed by atoms with van der Waals surface area (Å²) in [6.45, 7) is 0.444. The predicted octanol–water partition coefficient (Wildman–Crippen LogP) is 3.95. The highest BCUT2D eigenvalue weighted by Crippen LogP contribution is 2.42. The number of nitriles is 1. The third kappa shape index (κ3) is 2.95. The van der Waals surface area contributed by atoms with Gasteiger partial charge in [0.05, 0.1) is 25.1 Å². The molecule has 0 saturated heterocycles. The third-order valence-electron chi connectivity index (χ3n) is 5.03. The van der Waals surface area contributed by atoms with Crippen molar-refractivity contribution in [3.8, 4) is 17.6 Å². The minimum Gasteiger partial charge on any atom is -0.507 e. The fourth-order valence-corrected chi connectivity index (χ4v) is 3.61. The summed E-state index contributed by atoms with van der Waals surface area (Å²) in [4.78, 5) is 15.1. The number of carbonyl (C=O) groups is 1. The number of phenols is 1. The van der Waals surface area contributed by atoms with E-state index in [-0.39, 0.29) is 17.2 Å².